The summed E-state index contributed by atoms with van der Waals surface area (Å²) in [6, 6.07) is 9.94. The molecule has 2 aromatic rings. The lowest BCUT2D eigenvalue weighted by Gasteiger charge is -2.22. The lowest BCUT2D eigenvalue weighted by atomic mass is 9.85. The van der Waals surface area contributed by atoms with Crippen LogP contribution in [-0.2, 0) is 4.79 Å². The fourth-order valence-corrected chi connectivity index (χ4v) is 2.44. The Balaban J connectivity index is 2.25. The molecule has 0 bridgehead atoms. The molecule has 2 atom stereocenters. The molecule has 0 saturated heterocycles. The molecule has 0 aliphatic carbocycles. The van der Waals surface area contributed by atoms with E-state index in [1.54, 1.807) is 0 Å². The second-order valence-electron chi connectivity index (χ2n) is 5.59. The van der Waals surface area contributed by atoms with Gasteiger partial charge in [-0.1, -0.05) is 50.6 Å². The number of aryl methyl sites for hydroxylation is 1. The zero-order valence-electron chi connectivity index (χ0n) is 13.1. The number of anilines is 1. The summed E-state index contributed by atoms with van der Waals surface area (Å²) in [6.45, 7) is 8.12. The third-order valence-electron chi connectivity index (χ3n) is 4.15. The van der Waals surface area contributed by atoms with Crippen LogP contribution in [-0.4, -0.2) is 16.1 Å². The van der Waals surface area contributed by atoms with Gasteiger partial charge in [-0.2, -0.15) is 5.10 Å². The highest BCUT2D eigenvalue weighted by molar-refractivity contribution is 5.95. The number of carbonyl (C=O) groups is 1. The molecule has 1 aromatic carbocycles. The topological polar surface area (TPSA) is 57.8 Å². The first kappa shape index (κ1) is 15.3. The summed E-state index contributed by atoms with van der Waals surface area (Å²) in [5.74, 6) is 0.743. The van der Waals surface area contributed by atoms with Gasteiger partial charge in [0.15, 0.2) is 5.82 Å². The van der Waals surface area contributed by atoms with E-state index in [1.165, 1.54) is 0 Å². The van der Waals surface area contributed by atoms with Gasteiger partial charge in [0.05, 0.1) is 5.92 Å². The van der Waals surface area contributed by atoms with Gasteiger partial charge in [-0.15, -0.1) is 0 Å². The van der Waals surface area contributed by atoms with E-state index in [4.69, 9.17) is 0 Å². The van der Waals surface area contributed by atoms with Crippen molar-refractivity contribution in [1.29, 1.82) is 0 Å². The van der Waals surface area contributed by atoms with Crippen molar-refractivity contribution in [2.75, 3.05) is 5.32 Å². The molecule has 2 rings (SSSR count). The van der Waals surface area contributed by atoms with Crippen molar-refractivity contribution in [3.8, 4) is 0 Å². The molecule has 1 aromatic heterocycles. The highest BCUT2D eigenvalue weighted by Gasteiger charge is 2.26. The first-order valence-electron chi connectivity index (χ1n) is 7.42. The van der Waals surface area contributed by atoms with Crippen LogP contribution in [0.3, 0.4) is 0 Å². The Kier molecular flexibility index (Phi) is 4.78. The molecule has 112 valence electrons. The minimum atomic E-state index is -0.160. The van der Waals surface area contributed by atoms with Crippen LogP contribution in [0, 0.1) is 19.8 Å². The van der Waals surface area contributed by atoms with Crippen LogP contribution in [0.2, 0.25) is 0 Å². The zero-order valence-corrected chi connectivity index (χ0v) is 13.1. The summed E-state index contributed by atoms with van der Waals surface area (Å²) in [7, 11) is 0. The number of hydrogen-bond acceptors (Lipinski definition) is 2. The molecule has 2 N–H and O–H groups in total. The summed E-state index contributed by atoms with van der Waals surface area (Å²) in [5.41, 5.74) is 3.01. The third kappa shape index (κ3) is 3.32. The monoisotopic (exact) mass is 285 g/mol. The van der Waals surface area contributed by atoms with E-state index < -0.39 is 0 Å². The van der Waals surface area contributed by atoms with Crippen LogP contribution in [0.15, 0.2) is 30.3 Å². The van der Waals surface area contributed by atoms with Gasteiger partial charge < -0.3 is 5.32 Å². The third-order valence-corrected chi connectivity index (χ3v) is 4.15. The number of aromatic amines is 1. The van der Waals surface area contributed by atoms with Crippen molar-refractivity contribution in [3.63, 3.8) is 0 Å². The standard InChI is InChI=1S/C17H23N3O/c1-5-11(2)15(14-9-7-6-8-10-14)17(21)18-16-12(3)13(4)19-20-16/h6-11,15H,5H2,1-4H3,(H2,18,19,20,21). The van der Waals surface area contributed by atoms with Gasteiger partial charge in [0.1, 0.15) is 0 Å². The van der Waals surface area contributed by atoms with Gasteiger partial charge in [0.2, 0.25) is 5.91 Å². The number of H-pyrrole nitrogens is 1. The predicted molar refractivity (Wildman–Crippen MR) is 85.3 cm³/mol. The number of nitrogens with one attached hydrogen (secondary N) is 2. The van der Waals surface area contributed by atoms with Crippen molar-refractivity contribution in [3.05, 3.63) is 47.2 Å². The van der Waals surface area contributed by atoms with E-state index in [1.807, 2.05) is 44.2 Å². The van der Waals surface area contributed by atoms with Gasteiger partial charge in [-0.25, -0.2) is 0 Å². The molecule has 1 amide bonds. The summed E-state index contributed by atoms with van der Waals surface area (Å²) in [6.07, 6.45) is 0.950. The average Bonchev–Trinajstić information content (AvgIpc) is 2.80. The molecule has 2 unspecified atom stereocenters. The number of rotatable bonds is 5. The first-order chi connectivity index (χ1) is 10.0. The van der Waals surface area contributed by atoms with Crippen LogP contribution in [0.4, 0.5) is 5.82 Å². The molecular formula is C17H23N3O. The van der Waals surface area contributed by atoms with Crippen LogP contribution in [0.5, 0.6) is 0 Å². The van der Waals surface area contributed by atoms with Gasteiger partial charge in [0, 0.05) is 11.3 Å². The van der Waals surface area contributed by atoms with Gasteiger partial charge in [0.25, 0.3) is 0 Å². The lowest BCUT2D eigenvalue weighted by Crippen LogP contribution is -2.26. The van der Waals surface area contributed by atoms with Crippen molar-refractivity contribution < 1.29 is 4.79 Å². The summed E-state index contributed by atoms with van der Waals surface area (Å²) in [4.78, 5) is 12.7. The smallest absolute Gasteiger partial charge is 0.233 e. The molecule has 0 aliphatic heterocycles. The number of hydrogen-bond donors (Lipinski definition) is 2. The normalized spacial score (nSPS) is 13.7. The number of amides is 1. The average molecular weight is 285 g/mol. The number of nitrogens with zero attached hydrogens (tertiary/aromatic N) is 1. The molecule has 4 nitrogen and oxygen atoms in total. The summed E-state index contributed by atoms with van der Waals surface area (Å²) < 4.78 is 0. The maximum absolute atomic E-state index is 12.7. The van der Waals surface area contributed by atoms with E-state index in [0.29, 0.717) is 5.82 Å². The largest absolute Gasteiger partial charge is 0.308 e. The fourth-order valence-electron chi connectivity index (χ4n) is 2.44. The molecule has 0 aliphatic rings. The quantitative estimate of drug-likeness (QED) is 0.878. The maximum Gasteiger partial charge on any atom is 0.233 e. The van der Waals surface area contributed by atoms with E-state index in [9.17, 15) is 4.79 Å². The van der Waals surface area contributed by atoms with Crippen LogP contribution in [0.1, 0.15) is 43.0 Å². The maximum atomic E-state index is 12.7. The molecule has 0 saturated carbocycles. The highest BCUT2D eigenvalue weighted by Crippen LogP contribution is 2.28. The van der Waals surface area contributed by atoms with Crippen LogP contribution >= 0.6 is 0 Å². The Morgan fingerprint density at radius 2 is 1.95 bits per heavy atom. The summed E-state index contributed by atoms with van der Waals surface area (Å²) in [5, 5.41) is 10.0. The minimum Gasteiger partial charge on any atom is -0.308 e. The van der Waals surface area contributed by atoms with Gasteiger partial charge in [-0.05, 0) is 25.3 Å². The van der Waals surface area contributed by atoms with E-state index in [0.717, 1.165) is 23.2 Å². The molecule has 1 heterocycles. The SMILES string of the molecule is CCC(C)C(C(=O)Nc1n[nH]c(C)c1C)c1ccccc1. The Hall–Kier alpha value is -2.10. The van der Waals surface area contributed by atoms with E-state index in [-0.39, 0.29) is 17.7 Å². The van der Waals surface area contributed by atoms with E-state index >= 15 is 0 Å². The van der Waals surface area contributed by atoms with E-state index in [2.05, 4.69) is 29.4 Å². The Morgan fingerprint density at radius 3 is 2.48 bits per heavy atom. The Bertz CT molecular complexity index is 604. The summed E-state index contributed by atoms with van der Waals surface area (Å²) >= 11 is 0. The molecule has 0 spiro atoms. The molecule has 0 fully saturated rings. The predicted octanol–water partition coefficient (Wildman–Crippen LogP) is 3.79. The number of benzene rings is 1. The molecular weight excluding hydrogens is 262 g/mol. The van der Waals surface area contributed by atoms with Crippen molar-refractivity contribution >= 4 is 11.7 Å². The molecule has 0 radical (unpaired) electrons. The second-order valence-corrected chi connectivity index (χ2v) is 5.59. The second kappa shape index (κ2) is 6.57. The van der Waals surface area contributed by atoms with Crippen molar-refractivity contribution in [1.82, 2.24) is 10.2 Å². The Morgan fingerprint density at radius 1 is 1.29 bits per heavy atom. The molecule has 21 heavy (non-hydrogen) atoms. The van der Waals surface area contributed by atoms with Crippen molar-refractivity contribution in [2.45, 2.75) is 40.0 Å². The Labute approximate surface area is 126 Å². The highest BCUT2D eigenvalue weighted by atomic mass is 16.2. The van der Waals surface area contributed by atoms with Crippen molar-refractivity contribution in [2.24, 2.45) is 5.92 Å². The number of aromatic nitrogens is 2. The van der Waals surface area contributed by atoms with Crippen LogP contribution in [0.25, 0.3) is 0 Å². The first-order valence-corrected chi connectivity index (χ1v) is 7.42. The zero-order chi connectivity index (χ0) is 15.4. The number of carbonyl (C=O) groups excluding carboxylic acids is 1. The lowest BCUT2D eigenvalue weighted by molar-refractivity contribution is -0.118. The fraction of sp³-hybridized carbons (Fsp3) is 0.412. The molecule has 4 heteroatoms. The minimum absolute atomic E-state index is 0.00477. The van der Waals surface area contributed by atoms with Gasteiger partial charge >= 0.3 is 0 Å². The van der Waals surface area contributed by atoms with Gasteiger partial charge in [-0.3, -0.25) is 9.89 Å². The van der Waals surface area contributed by atoms with Crippen LogP contribution < -0.4 is 5.32 Å².